The summed E-state index contributed by atoms with van der Waals surface area (Å²) in [6.45, 7) is 0. The number of aromatic hydroxyl groups is 1. The number of hydrogen-bond donors (Lipinski definition) is 2. The van der Waals surface area contributed by atoms with Crippen molar-refractivity contribution in [1.82, 2.24) is 4.98 Å². The SMILES string of the molecule is O=C(Nc1cc(Cl)cc(C(F)(F)F)c1)c1cncc(O)c1. The first-order valence-electron chi connectivity index (χ1n) is 5.59. The van der Waals surface area contributed by atoms with Gasteiger partial charge in [-0.15, -0.1) is 0 Å². The molecule has 0 unspecified atom stereocenters. The molecule has 1 heterocycles. The van der Waals surface area contributed by atoms with E-state index in [1.165, 1.54) is 12.3 Å². The average molecular weight is 317 g/mol. The zero-order valence-electron chi connectivity index (χ0n) is 10.3. The van der Waals surface area contributed by atoms with Crippen LogP contribution in [-0.4, -0.2) is 16.0 Å². The van der Waals surface area contributed by atoms with Crippen LogP contribution in [0.15, 0.2) is 36.7 Å². The molecular weight excluding hydrogens is 309 g/mol. The van der Waals surface area contributed by atoms with Crippen molar-refractivity contribution >= 4 is 23.2 Å². The molecule has 1 aromatic carbocycles. The zero-order chi connectivity index (χ0) is 15.6. The maximum Gasteiger partial charge on any atom is 0.416 e. The lowest BCUT2D eigenvalue weighted by Gasteiger charge is -2.11. The van der Waals surface area contributed by atoms with Crippen molar-refractivity contribution < 1.29 is 23.1 Å². The fraction of sp³-hybridized carbons (Fsp3) is 0.0769. The molecule has 1 amide bonds. The topological polar surface area (TPSA) is 62.2 Å². The van der Waals surface area contributed by atoms with E-state index in [4.69, 9.17) is 11.6 Å². The molecule has 0 aliphatic rings. The van der Waals surface area contributed by atoms with Gasteiger partial charge in [-0.25, -0.2) is 0 Å². The minimum atomic E-state index is -4.57. The number of aromatic nitrogens is 1. The Morgan fingerprint density at radius 3 is 2.52 bits per heavy atom. The minimum absolute atomic E-state index is 0.00327. The summed E-state index contributed by atoms with van der Waals surface area (Å²) in [5.41, 5.74) is -1.08. The highest BCUT2D eigenvalue weighted by Crippen LogP contribution is 2.33. The van der Waals surface area contributed by atoms with Crippen LogP contribution in [0, 0.1) is 0 Å². The molecule has 2 rings (SSSR count). The van der Waals surface area contributed by atoms with E-state index in [0.29, 0.717) is 0 Å². The Bertz CT molecular complexity index is 689. The van der Waals surface area contributed by atoms with Crippen LogP contribution in [0.1, 0.15) is 15.9 Å². The van der Waals surface area contributed by atoms with E-state index in [2.05, 4.69) is 10.3 Å². The second-order valence-corrected chi connectivity index (χ2v) is 4.55. The molecule has 0 aliphatic carbocycles. The predicted octanol–water partition coefficient (Wildman–Crippen LogP) is 3.71. The van der Waals surface area contributed by atoms with Crippen LogP contribution >= 0.6 is 11.6 Å². The minimum Gasteiger partial charge on any atom is -0.506 e. The number of carbonyl (C=O) groups is 1. The lowest BCUT2D eigenvalue weighted by molar-refractivity contribution is -0.137. The maximum absolute atomic E-state index is 12.6. The molecule has 2 aromatic rings. The van der Waals surface area contributed by atoms with Crippen LogP contribution in [0.2, 0.25) is 5.02 Å². The van der Waals surface area contributed by atoms with Crippen LogP contribution < -0.4 is 5.32 Å². The van der Waals surface area contributed by atoms with Gasteiger partial charge >= 0.3 is 6.18 Å². The van der Waals surface area contributed by atoms with Crippen molar-refractivity contribution in [2.45, 2.75) is 6.18 Å². The molecule has 110 valence electrons. The Balaban J connectivity index is 2.27. The Morgan fingerprint density at radius 2 is 1.90 bits per heavy atom. The summed E-state index contributed by atoms with van der Waals surface area (Å²) in [7, 11) is 0. The Morgan fingerprint density at radius 1 is 1.19 bits per heavy atom. The first kappa shape index (κ1) is 15.1. The second kappa shape index (κ2) is 5.61. The number of hydrogen-bond acceptors (Lipinski definition) is 3. The number of carbonyl (C=O) groups excluding carboxylic acids is 1. The van der Waals surface area contributed by atoms with Gasteiger partial charge in [0.2, 0.25) is 0 Å². The van der Waals surface area contributed by atoms with E-state index in [9.17, 15) is 23.1 Å². The largest absolute Gasteiger partial charge is 0.506 e. The molecule has 8 heteroatoms. The molecule has 0 saturated heterocycles. The lowest BCUT2D eigenvalue weighted by Crippen LogP contribution is -2.13. The summed E-state index contributed by atoms with van der Waals surface area (Å²) in [6.07, 6.45) is -2.28. The number of alkyl halides is 3. The molecular formula is C13H8ClF3N2O2. The average Bonchev–Trinajstić information content (AvgIpc) is 2.37. The van der Waals surface area contributed by atoms with Crippen molar-refractivity contribution in [2.75, 3.05) is 5.32 Å². The monoisotopic (exact) mass is 316 g/mol. The fourth-order valence-electron chi connectivity index (χ4n) is 1.58. The molecule has 0 saturated carbocycles. The zero-order valence-corrected chi connectivity index (χ0v) is 11.0. The third-order valence-corrected chi connectivity index (χ3v) is 2.69. The number of rotatable bonds is 2. The van der Waals surface area contributed by atoms with Gasteiger partial charge < -0.3 is 10.4 Å². The van der Waals surface area contributed by atoms with Crippen molar-refractivity contribution in [2.24, 2.45) is 0 Å². The normalized spacial score (nSPS) is 11.2. The number of anilines is 1. The molecule has 0 fully saturated rings. The third kappa shape index (κ3) is 3.85. The highest BCUT2D eigenvalue weighted by molar-refractivity contribution is 6.31. The number of pyridine rings is 1. The van der Waals surface area contributed by atoms with E-state index in [-0.39, 0.29) is 22.0 Å². The van der Waals surface area contributed by atoms with Gasteiger partial charge in [-0.05, 0) is 24.3 Å². The summed E-state index contributed by atoms with van der Waals surface area (Å²) < 4.78 is 37.9. The maximum atomic E-state index is 12.6. The van der Waals surface area contributed by atoms with Crippen molar-refractivity contribution in [3.05, 3.63) is 52.8 Å². The predicted molar refractivity (Wildman–Crippen MR) is 70.3 cm³/mol. The first-order chi connectivity index (χ1) is 9.75. The summed E-state index contributed by atoms with van der Waals surface area (Å²) >= 11 is 5.61. The van der Waals surface area contributed by atoms with Crippen LogP contribution in [-0.2, 0) is 6.18 Å². The standard InChI is InChI=1S/C13H8ClF3N2O2/c14-9-2-8(13(15,16)17)3-10(4-9)19-12(21)7-1-11(20)6-18-5-7/h1-6,20H,(H,19,21). The van der Waals surface area contributed by atoms with E-state index in [0.717, 1.165) is 24.4 Å². The summed E-state index contributed by atoms with van der Waals surface area (Å²) in [5.74, 6) is -0.946. The fourth-order valence-corrected chi connectivity index (χ4v) is 1.82. The Hall–Kier alpha value is -2.28. The second-order valence-electron chi connectivity index (χ2n) is 4.11. The van der Waals surface area contributed by atoms with E-state index in [1.807, 2.05) is 0 Å². The van der Waals surface area contributed by atoms with Crippen LogP contribution in [0.5, 0.6) is 5.75 Å². The lowest BCUT2D eigenvalue weighted by atomic mass is 10.2. The molecule has 0 atom stereocenters. The number of halogens is 4. The highest BCUT2D eigenvalue weighted by atomic mass is 35.5. The molecule has 0 aliphatic heterocycles. The van der Waals surface area contributed by atoms with Gasteiger partial charge in [0.25, 0.3) is 5.91 Å². The number of nitrogens with one attached hydrogen (secondary N) is 1. The quantitative estimate of drug-likeness (QED) is 0.887. The van der Waals surface area contributed by atoms with Crippen LogP contribution in [0.25, 0.3) is 0 Å². The molecule has 0 spiro atoms. The smallest absolute Gasteiger partial charge is 0.416 e. The van der Waals surface area contributed by atoms with E-state index < -0.39 is 17.6 Å². The van der Waals surface area contributed by atoms with E-state index >= 15 is 0 Å². The molecule has 21 heavy (non-hydrogen) atoms. The van der Waals surface area contributed by atoms with Gasteiger partial charge in [-0.1, -0.05) is 11.6 Å². The van der Waals surface area contributed by atoms with Gasteiger partial charge in [-0.2, -0.15) is 13.2 Å². The number of benzene rings is 1. The van der Waals surface area contributed by atoms with Crippen molar-refractivity contribution in [3.63, 3.8) is 0 Å². The highest BCUT2D eigenvalue weighted by Gasteiger charge is 2.31. The third-order valence-electron chi connectivity index (χ3n) is 2.47. The molecule has 0 bridgehead atoms. The van der Waals surface area contributed by atoms with Gasteiger partial charge in [0, 0.05) is 16.9 Å². The van der Waals surface area contributed by atoms with Crippen molar-refractivity contribution in [3.8, 4) is 5.75 Å². The molecule has 0 radical (unpaired) electrons. The van der Waals surface area contributed by atoms with Crippen LogP contribution in [0.4, 0.5) is 18.9 Å². The van der Waals surface area contributed by atoms with Gasteiger partial charge in [0.1, 0.15) is 5.75 Å². The molecule has 1 aromatic heterocycles. The summed E-state index contributed by atoms with van der Waals surface area (Å²) in [5, 5.41) is 11.3. The first-order valence-corrected chi connectivity index (χ1v) is 5.96. The molecule has 4 nitrogen and oxygen atoms in total. The van der Waals surface area contributed by atoms with Crippen molar-refractivity contribution in [1.29, 1.82) is 0 Å². The number of amides is 1. The van der Waals surface area contributed by atoms with Gasteiger partial charge in [0.15, 0.2) is 0 Å². The van der Waals surface area contributed by atoms with Crippen LogP contribution in [0.3, 0.4) is 0 Å². The number of nitrogens with zero attached hydrogens (tertiary/aromatic N) is 1. The van der Waals surface area contributed by atoms with E-state index in [1.54, 1.807) is 0 Å². The van der Waals surface area contributed by atoms with Gasteiger partial charge in [-0.3, -0.25) is 9.78 Å². The summed E-state index contributed by atoms with van der Waals surface area (Å²) in [4.78, 5) is 15.5. The Labute approximate surface area is 122 Å². The summed E-state index contributed by atoms with van der Waals surface area (Å²) in [6, 6.07) is 3.84. The molecule has 2 N–H and O–H groups in total. The van der Waals surface area contributed by atoms with Gasteiger partial charge in [0.05, 0.1) is 17.3 Å². The Kier molecular flexibility index (Phi) is 4.04.